The first-order chi connectivity index (χ1) is 12.6. The number of hydrogen-bond donors (Lipinski definition) is 1. The van der Waals surface area contributed by atoms with Crippen molar-refractivity contribution in [2.75, 3.05) is 0 Å². The lowest BCUT2D eigenvalue weighted by Crippen LogP contribution is -2.33. The molecule has 26 heavy (non-hydrogen) atoms. The summed E-state index contributed by atoms with van der Waals surface area (Å²) in [6, 6.07) is 7.78. The second kappa shape index (κ2) is 8.71. The molecule has 1 fully saturated rings. The fourth-order valence-electron chi connectivity index (χ4n) is 2.89. The zero-order valence-corrected chi connectivity index (χ0v) is 16.3. The third-order valence-corrected chi connectivity index (χ3v) is 5.73. The molecule has 1 aliphatic carbocycles. The van der Waals surface area contributed by atoms with Crippen LogP contribution in [0.15, 0.2) is 34.2 Å². The van der Waals surface area contributed by atoms with Crippen LogP contribution in [0, 0.1) is 0 Å². The van der Waals surface area contributed by atoms with E-state index in [-0.39, 0.29) is 16.7 Å². The number of carbonyl (C=O) groups is 1. The van der Waals surface area contributed by atoms with Crippen LogP contribution in [0.1, 0.15) is 52.4 Å². The number of fused-ring (bicyclic) bond motifs is 1. The highest BCUT2D eigenvalue weighted by molar-refractivity contribution is 8.00. The molecule has 0 saturated heterocycles. The zero-order chi connectivity index (χ0) is 18.5. The average Bonchev–Trinajstić information content (AvgIpc) is 3.44. The number of thioether (sulfide) groups is 1. The van der Waals surface area contributed by atoms with Gasteiger partial charge in [-0.3, -0.25) is 14.2 Å². The molecule has 2 aromatic rings. The Hall–Kier alpha value is -1.82. The van der Waals surface area contributed by atoms with Crippen LogP contribution < -0.4 is 10.9 Å². The monoisotopic (exact) mass is 373 g/mol. The van der Waals surface area contributed by atoms with Gasteiger partial charge in [-0.25, -0.2) is 4.98 Å². The predicted molar refractivity (Wildman–Crippen MR) is 107 cm³/mol. The van der Waals surface area contributed by atoms with Crippen LogP contribution in [0.3, 0.4) is 0 Å². The minimum atomic E-state index is -0.273. The summed E-state index contributed by atoms with van der Waals surface area (Å²) in [5.41, 5.74) is 0.684. The van der Waals surface area contributed by atoms with Gasteiger partial charge in [0.05, 0.1) is 16.2 Å². The molecule has 1 aliphatic rings. The Bertz CT molecular complexity index is 829. The maximum atomic E-state index is 13.0. The molecule has 1 aromatic heterocycles. The quantitative estimate of drug-likeness (QED) is 0.413. The number of aromatic nitrogens is 2. The normalized spacial score (nSPS) is 15.2. The third kappa shape index (κ3) is 4.67. The summed E-state index contributed by atoms with van der Waals surface area (Å²) in [6.45, 7) is 4.70. The van der Waals surface area contributed by atoms with E-state index in [1.165, 1.54) is 18.2 Å². The van der Waals surface area contributed by atoms with Gasteiger partial charge in [-0.2, -0.15) is 0 Å². The van der Waals surface area contributed by atoms with Gasteiger partial charge in [0.2, 0.25) is 5.91 Å². The van der Waals surface area contributed by atoms with Crippen LogP contribution in [0.25, 0.3) is 10.9 Å². The van der Waals surface area contributed by atoms with Crippen LogP contribution in [-0.4, -0.2) is 26.8 Å². The summed E-state index contributed by atoms with van der Waals surface area (Å²) in [5, 5.41) is 4.04. The fraction of sp³-hybridized carbons (Fsp3) is 0.550. The number of rotatable bonds is 9. The van der Waals surface area contributed by atoms with Gasteiger partial charge in [-0.15, -0.1) is 0 Å². The van der Waals surface area contributed by atoms with Crippen molar-refractivity contribution in [1.29, 1.82) is 0 Å². The number of hydrogen-bond acceptors (Lipinski definition) is 4. The Kier molecular flexibility index (Phi) is 6.35. The van der Waals surface area contributed by atoms with E-state index in [1.54, 1.807) is 4.57 Å². The predicted octanol–water partition coefficient (Wildman–Crippen LogP) is 3.74. The number of para-hydroxylation sites is 1. The number of unbranched alkanes of at least 4 members (excludes halogenated alkanes) is 3. The minimum absolute atomic E-state index is 0.00982. The van der Waals surface area contributed by atoms with Crippen LogP contribution in [0.4, 0.5) is 0 Å². The molecule has 1 saturated carbocycles. The Morgan fingerprint density at radius 3 is 2.81 bits per heavy atom. The number of nitrogens with one attached hydrogen (secondary N) is 1. The molecular formula is C20H27N3O2S. The molecule has 1 atom stereocenters. The number of carbonyl (C=O) groups excluding carboxylic acids is 1. The Labute approximate surface area is 158 Å². The Morgan fingerprint density at radius 1 is 1.31 bits per heavy atom. The molecule has 1 amide bonds. The largest absolute Gasteiger partial charge is 0.352 e. The maximum Gasteiger partial charge on any atom is 0.262 e. The molecule has 0 bridgehead atoms. The van der Waals surface area contributed by atoms with E-state index in [0.717, 1.165) is 32.1 Å². The molecule has 0 spiro atoms. The van der Waals surface area contributed by atoms with Crippen LogP contribution in [-0.2, 0) is 11.3 Å². The number of benzene rings is 1. The van der Waals surface area contributed by atoms with Crippen molar-refractivity contribution in [3.05, 3.63) is 34.6 Å². The van der Waals surface area contributed by atoms with Gasteiger partial charge < -0.3 is 5.32 Å². The van der Waals surface area contributed by atoms with Crippen molar-refractivity contribution in [2.45, 2.75) is 75.4 Å². The molecular weight excluding hydrogens is 346 g/mol. The molecule has 1 aromatic carbocycles. The van der Waals surface area contributed by atoms with Gasteiger partial charge in [0.15, 0.2) is 5.16 Å². The summed E-state index contributed by atoms with van der Waals surface area (Å²) in [4.78, 5) is 30.0. The summed E-state index contributed by atoms with van der Waals surface area (Å²) >= 11 is 1.38. The standard InChI is InChI=1S/C20H27N3O2S/c1-3-4-5-8-13-23-19(25)16-9-6-7-10-17(16)22-20(23)26-14(2)18(24)21-15-11-12-15/h6-7,9-10,14-15H,3-5,8,11-13H2,1-2H3,(H,21,24). The van der Waals surface area contributed by atoms with Crippen molar-refractivity contribution < 1.29 is 4.79 Å². The molecule has 1 unspecified atom stereocenters. The molecule has 1 N–H and O–H groups in total. The molecule has 6 heteroatoms. The summed E-state index contributed by atoms with van der Waals surface area (Å²) < 4.78 is 1.75. The zero-order valence-electron chi connectivity index (χ0n) is 15.5. The maximum absolute atomic E-state index is 13.0. The third-order valence-electron chi connectivity index (χ3n) is 4.64. The molecule has 3 rings (SSSR count). The molecule has 140 valence electrons. The SMILES string of the molecule is CCCCCCn1c(SC(C)C(=O)NC2CC2)nc2ccccc2c1=O. The van der Waals surface area contributed by atoms with Gasteiger partial charge in [0.25, 0.3) is 5.56 Å². The topological polar surface area (TPSA) is 64.0 Å². The Balaban J connectivity index is 1.85. The van der Waals surface area contributed by atoms with Gasteiger partial charge in [0, 0.05) is 12.6 Å². The molecule has 0 aliphatic heterocycles. The van der Waals surface area contributed by atoms with Gasteiger partial charge >= 0.3 is 0 Å². The Morgan fingerprint density at radius 2 is 2.08 bits per heavy atom. The first kappa shape index (κ1) is 19.0. The average molecular weight is 374 g/mol. The highest BCUT2D eigenvalue weighted by Gasteiger charge is 2.27. The van der Waals surface area contributed by atoms with E-state index in [1.807, 2.05) is 31.2 Å². The van der Waals surface area contributed by atoms with E-state index >= 15 is 0 Å². The first-order valence-corrected chi connectivity index (χ1v) is 10.4. The van der Waals surface area contributed by atoms with E-state index in [2.05, 4.69) is 12.2 Å². The smallest absolute Gasteiger partial charge is 0.262 e. The van der Waals surface area contributed by atoms with Crippen molar-refractivity contribution in [3.63, 3.8) is 0 Å². The van der Waals surface area contributed by atoms with Gasteiger partial charge in [-0.05, 0) is 38.3 Å². The van der Waals surface area contributed by atoms with Gasteiger partial charge in [-0.1, -0.05) is 50.1 Å². The highest BCUT2D eigenvalue weighted by atomic mass is 32.2. The molecule has 5 nitrogen and oxygen atoms in total. The van der Waals surface area contributed by atoms with E-state index in [9.17, 15) is 9.59 Å². The summed E-state index contributed by atoms with van der Waals surface area (Å²) in [7, 11) is 0. The second-order valence-corrected chi connectivity index (χ2v) is 8.28. The second-order valence-electron chi connectivity index (χ2n) is 6.97. The van der Waals surface area contributed by atoms with Crippen LogP contribution in [0.2, 0.25) is 0 Å². The van der Waals surface area contributed by atoms with Crippen LogP contribution in [0.5, 0.6) is 0 Å². The van der Waals surface area contributed by atoms with E-state index in [4.69, 9.17) is 4.98 Å². The lowest BCUT2D eigenvalue weighted by atomic mass is 10.2. The molecule has 1 heterocycles. The summed E-state index contributed by atoms with van der Waals surface area (Å²) in [5.74, 6) is 0.0254. The lowest BCUT2D eigenvalue weighted by Gasteiger charge is -2.16. The van der Waals surface area contributed by atoms with E-state index in [0.29, 0.717) is 28.6 Å². The fourth-order valence-corrected chi connectivity index (χ4v) is 3.83. The van der Waals surface area contributed by atoms with Crippen molar-refractivity contribution >= 4 is 28.6 Å². The first-order valence-electron chi connectivity index (χ1n) is 9.56. The van der Waals surface area contributed by atoms with E-state index < -0.39 is 0 Å². The van der Waals surface area contributed by atoms with Crippen LogP contribution >= 0.6 is 11.8 Å². The number of nitrogens with zero attached hydrogens (tertiary/aromatic N) is 2. The van der Waals surface area contributed by atoms with Crippen molar-refractivity contribution in [2.24, 2.45) is 0 Å². The lowest BCUT2D eigenvalue weighted by molar-refractivity contribution is -0.120. The van der Waals surface area contributed by atoms with Crippen molar-refractivity contribution in [1.82, 2.24) is 14.9 Å². The summed E-state index contributed by atoms with van der Waals surface area (Å²) in [6.07, 6.45) is 6.50. The number of amides is 1. The minimum Gasteiger partial charge on any atom is -0.352 e. The highest BCUT2D eigenvalue weighted by Crippen LogP contribution is 2.25. The van der Waals surface area contributed by atoms with Crippen molar-refractivity contribution in [3.8, 4) is 0 Å². The molecule has 0 radical (unpaired) electrons. The van der Waals surface area contributed by atoms with Gasteiger partial charge in [0.1, 0.15) is 0 Å².